The molecule has 0 fully saturated rings. The SMILES string of the molecule is CCOC(=O)CCCCCN(CCCSc1ccnc(CSc2nc3ccccc3[nH]2)c1C)Cc1ccccc1. The molecule has 212 valence electrons. The number of aromatic nitrogens is 3. The van der Waals surface area contributed by atoms with Crippen LogP contribution in [-0.2, 0) is 21.8 Å². The predicted molar refractivity (Wildman–Crippen MR) is 167 cm³/mol. The Bertz CT molecular complexity index is 1300. The number of hydrogen-bond acceptors (Lipinski definition) is 7. The predicted octanol–water partition coefficient (Wildman–Crippen LogP) is 7.67. The standard InChI is InChI=1S/C32H40N4O2S2/c1-3-38-31(37)17-8-5-11-20-36(23-26-13-6-4-7-14-26)21-12-22-39-30-18-19-33-29(25(30)2)24-40-32-34-27-15-9-10-16-28(27)35-32/h4,6-7,9-10,13-16,18-19H,3,5,8,11-12,17,20-24H2,1-2H3,(H,34,35). The number of esters is 1. The summed E-state index contributed by atoms with van der Waals surface area (Å²) in [6.45, 7) is 7.56. The number of fused-ring (bicyclic) bond motifs is 1. The van der Waals surface area contributed by atoms with Gasteiger partial charge in [-0.05, 0) is 81.3 Å². The van der Waals surface area contributed by atoms with Crippen molar-refractivity contribution in [3.8, 4) is 0 Å². The lowest BCUT2D eigenvalue weighted by Crippen LogP contribution is -2.26. The van der Waals surface area contributed by atoms with E-state index in [4.69, 9.17) is 4.74 Å². The second-order valence-corrected chi connectivity index (χ2v) is 11.9. The molecule has 0 radical (unpaired) electrons. The van der Waals surface area contributed by atoms with Crippen LogP contribution in [0.3, 0.4) is 0 Å². The summed E-state index contributed by atoms with van der Waals surface area (Å²) < 4.78 is 5.05. The minimum Gasteiger partial charge on any atom is -0.466 e. The van der Waals surface area contributed by atoms with Crippen LogP contribution in [-0.4, -0.2) is 51.3 Å². The van der Waals surface area contributed by atoms with E-state index in [1.54, 1.807) is 11.8 Å². The van der Waals surface area contributed by atoms with Crippen molar-refractivity contribution >= 4 is 40.5 Å². The van der Waals surface area contributed by atoms with E-state index in [0.717, 1.165) is 78.7 Å². The quantitative estimate of drug-likeness (QED) is 0.0786. The third-order valence-corrected chi connectivity index (χ3v) is 8.89. The van der Waals surface area contributed by atoms with Crippen LogP contribution >= 0.6 is 23.5 Å². The zero-order valence-corrected chi connectivity index (χ0v) is 25.2. The van der Waals surface area contributed by atoms with Gasteiger partial charge in [0.2, 0.25) is 0 Å². The molecule has 8 heteroatoms. The van der Waals surface area contributed by atoms with E-state index in [-0.39, 0.29) is 5.97 Å². The normalized spacial score (nSPS) is 11.4. The highest BCUT2D eigenvalue weighted by Gasteiger charge is 2.11. The monoisotopic (exact) mass is 576 g/mol. The molecule has 0 unspecified atom stereocenters. The number of aromatic amines is 1. The number of para-hydroxylation sites is 2. The van der Waals surface area contributed by atoms with Crippen LogP contribution in [0, 0.1) is 6.92 Å². The number of carbonyl (C=O) groups is 1. The highest BCUT2D eigenvalue weighted by atomic mass is 32.2. The molecule has 40 heavy (non-hydrogen) atoms. The van der Waals surface area contributed by atoms with Crippen LogP contribution in [0.15, 0.2) is 76.9 Å². The molecule has 0 amide bonds. The van der Waals surface area contributed by atoms with Gasteiger partial charge in [-0.1, -0.05) is 60.6 Å². The number of carbonyl (C=O) groups excluding carboxylic acids is 1. The van der Waals surface area contributed by atoms with E-state index in [2.05, 4.69) is 69.2 Å². The van der Waals surface area contributed by atoms with Crippen molar-refractivity contribution < 1.29 is 9.53 Å². The molecule has 4 rings (SSSR count). The van der Waals surface area contributed by atoms with Crippen LogP contribution in [0.25, 0.3) is 11.0 Å². The average Bonchev–Trinajstić information content (AvgIpc) is 3.39. The van der Waals surface area contributed by atoms with Crippen molar-refractivity contribution in [1.82, 2.24) is 19.9 Å². The summed E-state index contributed by atoms with van der Waals surface area (Å²) in [6.07, 6.45) is 6.60. The van der Waals surface area contributed by atoms with Gasteiger partial charge in [-0.15, -0.1) is 11.8 Å². The van der Waals surface area contributed by atoms with E-state index in [1.165, 1.54) is 16.0 Å². The van der Waals surface area contributed by atoms with Crippen molar-refractivity contribution in [2.24, 2.45) is 0 Å². The first-order valence-corrected chi connectivity index (χ1v) is 16.2. The van der Waals surface area contributed by atoms with Gasteiger partial charge < -0.3 is 9.72 Å². The van der Waals surface area contributed by atoms with Gasteiger partial charge >= 0.3 is 5.97 Å². The molecule has 0 spiro atoms. The molecule has 0 aliphatic carbocycles. The molecular formula is C32H40N4O2S2. The Labute approximate surface area is 246 Å². The topological polar surface area (TPSA) is 71.1 Å². The smallest absolute Gasteiger partial charge is 0.305 e. The molecule has 2 heterocycles. The zero-order chi connectivity index (χ0) is 28.0. The van der Waals surface area contributed by atoms with E-state index in [0.29, 0.717) is 13.0 Å². The number of thioether (sulfide) groups is 2. The van der Waals surface area contributed by atoms with Gasteiger partial charge in [0, 0.05) is 29.8 Å². The summed E-state index contributed by atoms with van der Waals surface area (Å²) in [4.78, 5) is 28.2. The number of hydrogen-bond donors (Lipinski definition) is 1. The van der Waals surface area contributed by atoms with Crippen LogP contribution in [0.1, 0.15) is 55.8 Å². The highest BCUT2D eigenvalue weighted by Crippen LogP contribution is 2.28. The fourth-order valence-electron chi connectivity index (χ4n) is 4.59. The van der Waals surface area contributed by atoms with Crippen molar-refractivity contribution in [1.29, 1.82) is 0 Å². The van der Waals surface area contributed by atoms with E-state index in [1.807, 2.05) is 43.1 Å². The Morgan fingerprint density at radius 3 is 2.58 bits per heavy atom. The Kier molecular flexibility index (Phi) is 12.4. The van der Waals surface area contributed by atoms with E-state index >= 15 is 0 Å². The number of pyridine rings is 1. The molecule has 0 aliphatic rings. The molecule has 2 aromatic carbocycles. The molecule has 0 saturated carbocycles. The van der Waals surface area contributed by atoms with Crippen molar-refractivity contribution in [3.05, 3.63) is 83.7 Å². The molecule has 0 aliphatic heterocycles. The fourth-order valence-corrected chi connectivity index (χ4v) is 6.49. The molecule has 2 aromatic heterocycles. The second-order valence-electron chi connectivity index (χ2n) is 9.81. The minimum absolute atomic E-state index is 0.0802. The van der Waals surface area contributed by atoms with Gasteiger partial charge in [-0.2, -0.15) is 0 Å². The number of ether oxygens (including phenoxy) is 1. The molecule has 6 nitrogen and oxygen atoms in total. The van der Waals surface area contributed by atoms with Crippen molar-refractivity contribution in [2.75, 3.05) is 25.4 Å². The summed E-state index contributed by atoms with van der Waals surface area (Å²) in [5.41, 5.74) is 5.79. The van der Waals surface area contributed by atoms with Gasteiger partial charge in [0.1, 0.15) is 0 Å². The summed E-state index contributed by atoms with van der Waals surface area (Å²) in [7, 11) is 0. The first kappa shape index (κ1) is 30.2. The van der Waals surface area contributed by atoms with Gasteiger partial charge in [0.05, 0.1) is 23.3 Å². The lowest BCUT2D eigenvalue weighted by molar-refractivity contribution is -0.143. The summed E-state index contributed by atoms with van der Waals surface area (Å²) in [6, 6.07) is 21.0. The lowest BCUT2D eigenvalue weighted by atomic mass is 10.1. The van der Waals surface area contributed by atoms with Gasteiger partial charge in [-0.3, -0.25) is 14.7 Å². The molecule has 4 aromatic rings. The molecular weight excluding hydrogens is 537 g/mol. The summed E-state index contributed by atoms with van der Waals surface area (Å²) in [5, 5.41) is 0.930. The number of H-pyrrole nitrogens is 1. The van der Waals surface area contributed by atoms with Gasteiger partial charge in [0.15, 0.2) is 5.16 Å². The van der Waals surface area contributed by atoms with Crippen LogP contribution in [0.5, 0.6) is 0 Å². The minimum atomic E-state index is -0.0802. The maximum Gasteiger partial charge on any atom is 0.305 e. The molecule has 0 atom stereocenters. The molecule has 0 saturated heterocycles. The summed E-state index contributed by atoms with van der Waals surface area (Å²) >= 11 is 3.62. The maximum absolute atomic E-state index is 11.6. The van der Waals surface area contributed by atoms with Gasteiger partial charge in [-0.25, -0.2) is 4.98 Å². The van der Waals surface area contributed by atoms with Crippen LogP contribution in [0.4, 0.5) is 0 Å². The van der Waals surface area contributed by atoms with Crippen molar-refractivity contribution in [3.63, 3.8) is 0 Å². The lowest BCUT2D eigenvalue weighted by Gasteiger charge is -2.22. The van der Waals surface area contributed by atoms with Crippen LogP contribution < -0.4 is 0 Å². The van der Waals surface area contributed by atoms with Crippen LogP contribution in [0.2, 0.25) is 0 Å². The zero-order valence-electron chi connectivity index (χ0n) is 23.6. The number of unbranched alkanes of at least 4 members (excludes halogenated alkanes) is 2. The first-order chi connectivity index (χ1) is 19.6. The van der Waals surface area contributed by atoms with E-state index in [9.17, 15) is 4.79 Å². The third kappa shape index (κ3) is 9.68. The van der Waals surface area contributed by atoms with Crippen molar-refractivity contribution in [2.45, 2.75) is 68.3 Å². The number of nitrogens with zero attached hydrogens (tertiary/aromatic N) is 3. The Hall–Kier alpha value is -2.81. The van der Waals surface area contributed by atoms with E-state index < -0.39 is 0 Å². The Balaban J connectivity index is 1.24. The largest absolute Gasteiger partial charge is 0.466 e. The third-order valence-electron chi connectivity index (χ3n) is 6.76. The molecule has 0 bridgehead atoms. The Morgan fingerprint density at radius 2 is 1.75 bits per heavy atom. The average molecular weight is 577 g/mol. The maximum atomic E-state index is 11.6. The van der Waals surface area contributed by atoms with Gasteiger partial charge in [0.25, 0.3) is 0 Å². The first-order valence-electron chi connectivity index (χ1n) is 14.2. The number of nitrogens with one attached hydrogen (secondary N) is 1. The number of rotatable bonds is 17. The highest BCUT2D eigenvalue weighted by molar-refractivity contribution is 7.99. The summed E-state index contributed by atoms with van der Waals surface area (Å²) in [5.74, 6) is 1.78. The molecule has 1 N–H and O–H groups in total. The number of benzene rings is 2. The Morgan fingerprint density at radius 1 is 0.950 bits per heavy atom. The second kappa shape index (κ2) is 16.5. The fraction of sp³-hybridized carbons (Fsp3) is 0.406. The number of imidazole rings is 1.